The number of pyridine rings is 1. The first-order valence-electron chi connectivity index (χ1n) is 6.61. The van der Waals surface area contributed by atoms with Crippen LogP contribution in [0, 0.1) is 0 Å². The molecule has 0 aliphatic rings. The number of rotatable bonds is 4. The Hall–Kier alpha value is -2.46. The number of hydrogen-bond acceptors (Lipinski definition) is 4. The molecule has 0 unspecified atom stereocenters. The molecule has 104 valence electrons. The zero-order valence-electron chi connectivity index (χ0n) is 11.3. The molecule has 3 aromatic rings. The summed E-state index contributed by atoms with van der Waals surface area (Å²) in [6, 6.07) is 15.9. The Morgan fingerprint density at radius 1 is 1.05 bits per heavy atom. The minimum Gasteiger partial charge on any atom is -0.410 e. The van der Waals surface area contributed by atoms with Crippen molar-refractivity contribution >= 4 is 17.0 Å². The van der Waals surface area contributed by atoms with Crippen LogP contribution in [0.15, 0.2) is 71.5 Å². The van der Waals surface area contributed by atoms with Crippen molar-refractivity contribution < 1.29 is 5.21 Å². The first-order chi connectivity index (χ1) is 10.4. The third-order valence-corrected chi connectivity index (χ3v) is 4.15. The maximum absolute atomic E-state index is 9.45. The fraction of sp³-hybridized carbons (Fsp3) is 0.0588. The van der Waals surface area contributed by atoms with Gasteiger partial charge < -0.3 is 5.21 Å². The fourth-order valence-corrected chi connectivity index (χ4v) is 3.01. The Labute approximate surface area is 127 Å². The Morgan fingerprint density at radius 3 is 2.57 bits per heavy atom. The summed E-state index contributed by atoms with van der Waals surface area (Å²) in [4.78, 5) is 5.29. The molecule has 0 saturated carbocycles. The molecule has 0 bridgehead atoms. The molecule has 0 aliphatic heterocycles. The lowest BCUT2D eigenvalue weighted by Crippen LogP contribution is -2.07. The van der Waals surface area contributed by atoms with Gasteiger partial charge in [-0.15, -0.1) is 11.3 Å². The molecule has 1 aromatic carbocycles. The van der Waals surface area contributed by atoms with Crippen LogP contribution in [-0.2, 0) is 6.42 Å². The van der Waals surface area contributed by atoms with E-state index in [1.54, 1.807) is 23.7 Å². The van der Waals surface area contributed by atoms with Crippen molar-refractivity contribution in [1.82, 2.24) is 4.98 Å². The smallest absolute Gasteiger partial charge is 0.117 e. The summed E-state index contributed by atoms with van der Waals surface area (Å²) >= 11 is 1.73. The Balaban J connectivity index is 2.02. The van der Waals surface area contributed by atoms with Crippen LogP contribution in [0.1, 0.15) is 21.6 Å². The highest BCUT2D eigenvalue weighted by molar-refractivity contribution is 7.09. The number of thiophene rings is 1. The van der Waals surface area contributed by atoms with Gasteiger partial charge >= 0.3 is 0 Å². The van der Waals surface area contributed by atoms with E-state index in [9.17, 15) is 5.21 Å². The van der Waals surface area contributed by atoms with Crippen molar-refractivity contribution in [2.75, 3.05) is 0 Å². The molecule has 4 heteroatoms. The highest BCUT2D eigenvalue weighted by Gasteiger charge is 2.12. The molecule has 0 aliphatic carbocycles. The van der Waals surface area contributed by atoms with E-state index in [-0.39, 0.29) is 0 Å². The summed E-state index contributed by atoms with van der Waals surface area (Å²) in [5.41, 5.74) is 3.51. The first-order valence-corrected chi connectivity index (χ1v) is 7.49. The van der Waals surface area contributed by atoms with Gasteiger partial charge in [0.25, 0.3) is 0 Å². The SMILES string of the molecule is ON=C(c1ccncc1)c1ccccc1Cc1cccs1. The topological polar surface area (TPSA) is 45.5 Å². The normalized spacial score (nSPS) is 11.5. The third kappa shape index (κ3) is 3.01. The number of aromatic nitrogens is 1. The van der Waals surface area contributed by atoms with E-state index in [1.807, 2.05) is 36.4 Å². The number of hydrogen-bond donors (Lipinski definition) is 1. The van der Waals surface area contributed by atoms with E-state index < -0.39 is 0 Å². The Morgan fingerprint density at radius 2 is 1.86 bits per heavy atom. The third-order valence-electron chi connectivity index (χ3n) is 3.27. The van der Waals surface area contributed by atoms with Gasteiger partial charge in [-0.05, 0) is 29.1 Å². The summed E-state index contributed by atoms with van der Waals surface area (Å²) in [7, 11) is 0. The molecule has 0 radical (unpaired) electrons. The van der Waals surface area contributed by atoms with Crippen LogP contribution >= 0.6 is 11.3 Å². The lowest BCUT2D eigenvalue weighted by molar-refractivity contribution is 0.319. The zero-order chi connectivity index (χ0) is 14.5. The van der Waals surface area contributed by atoms with Crippen LogP contribution in [-0.4, -0.2) is 15.9 Å². The zero-order valence-corrected chi connectivity index (χ0v) is 12.1. The van der Waals surface area contributed by atoms with E-state index in [1.165, 1.54) is 4.88 Å². The Bertz CT molecular complexity index is 737. The molecular weight excluding hydrogens is 280 g/mol. The molecule has 3 rings (SSSR count). The lowest BCUT2D eigenvalue weighted by atomic mass is 9.96. The summed E-state index contributed by atoms with van der Waals surface area (Å²) in [6.45, 7) is 0. The molecule has 2 aromatic heterocycles. The second kappa shape index (κ2) is 6.33. The average molecular weight is 294 g/mol. The molecule has 1 N–H and O–H groups in total. The maximum atomic E-state index is 9.45. The largest absolute Gasteiger partial charge is 0.410 e. The standard InChI is InChI=1S/C17H14N2OS/c20-19-17(13-7-9-18-10-8-13)16-6-2-1-4-14(16)12-15-5-3-11-21-15/h1-11,20H,12H2. The van der Waals surface area contributed by atoms with Crippen molar-refractivity contribution in [3.8, 4) is 0 Å². The number of benzene rings is 1. The van der Waals surface area contributed by atoms with E-state index in [0.717, 1.165) is 23.1 Å². The van der Waals surface area contributed by atoms with Crippen LogP contribution in [0.25, 0.3) is 0 Å². The molecule has 0 fully saturated rings. The molecule has 0 saturated heterocycles. The van der Waals surface area contributed by atoms with Crippen molar-refractivity contribution in [2.45, 2.75) is 6.42 Å². The number of nitrogens with zero attached hydrogens (tertiary/aromatic N) is 2. The monoisotopic (exact) mass is 294 g/mol. The van der Waals surface area contributed by atoms with Crippen molar-refractivity contribution in [3.05, 3.63) is 87.9 Å². The van der Waals surface area contributed by atoms with Gasteiger partial charge in [-0.25, -0.2) is 0 Å². The molecule has 0 spiro atoms. The fourth-order valence-electron chi connectivity index (χ4n) is 2.28. The highest BCUT2D eigenvalue weighted by Crippen LogP contribution is 2.20. The van der Waals surface area contributed by atoms with Crippen molar-refractivity contribution in [2.24, 2.45) is 5.16 Å². The van der Waals surface area contributed by atoms with Crippen LogP contribution < -0.4 is 0 Å². The predicted octanol–water partition coefficient (Wildman–Crippen LogP) is 3.96. The molecule has 2 heterocycles. The van der Waals surface area contributed by atoms with Crippen molar-refractivity contribution in [1.29, 1.82) is 0 Å². The second-order valence-corrected chi connectivity index (χ2v) is 5.63. The summed E-state index contributed by atoms with van der Waals surface area (Å²) in [5.74, 6) is 0. The quantitative estimate of drug-likeness (QED) is 0.450. The van der Waals surface area contributed by atoms with E-state index in [0.29, 0.717) is 5.71 Å². The van der Waals surface area contributed by atoms with Crippen LogP contribution in [0.3, 0.4) is 0 Å². The van der Waals surface area contributed by atoms with Crippen LogP contribution in [0.5, 0.6) is 0 Å². The molecule has 3 nitrogen and oxygen atoms in total. The van der Waals surface area contributed by atoms with Gasteiger partial charge in [-0.2, -0.15) is 0 Å². The highest BCUT2D eigenvalue weighted by atomic mass is 32.1. The van der Waals surface area contributed by atoms with Crippen molar-refractivity contribution in [3.63, 3.8) is 0 Å². The Kier molecular flexibility index (Phi) is 4.07. The second-order valence-electron chi connectivity index (χ2n) is 4.60. The van der Waals surface area contributed by atoms with Gasteiger partial charge in [0, 0.05) is 34.8 Å². The summed E-state index contributed by atoms with van der Waals surface area (Å²) < 4.78 is 0. The van der Waals surface area contributed by atoms with Gasteiger partial charge in [0.1, 0.15) is 5.71 Å². The minimum absolute atomic E-state index is 0.574. The van der Waals surface area contributed by atoms with E-state index >= 15 is 0 Å². The van der Waals surface area contributed by atoms with Gasteiger partial charge in [0.2, 0.25) is 0 Å². The molecule has 0 amide bonds. The summed E-state index contributed by atoms with van der Waals surface area (Å²) in [5, 5.41) is 15.0. The number of oxime groups is 1. The predicted molar refractivity (Wildman–Crippen MR) is 85.2 cm³/mol. The molecular formula is C17H14N2OS. The first kappa shape index (κ1) is 13.5. The summed E-state index contributed by atoms with van der Waals surface area (Å²) in [6.07, 6.45) is 4.22. The average Bonchev–Trinajstić information content (AvgIpc) is 3.04. The minimum atomic E-state index is 0.574. The van der Waals surface area contributed by atoms with Gasteiger partial charge in [0.05, 0.1) is 0 Å². The maximum Gasteiger partial charge on any atom is 0.117 e. The van der Waals surface area contributed by atoms with E-state index in [4.69, 9.17) is 0 Å². The van der Waals surface area contributed by atoms with Crippen LogP contribution in [0.4, 0.5) is 0 Å². The van der Waals surface area contributed by atoms with Crippen LogP contribution in [0.2, 0.25) is 0 Å². The van der Waals surface area contributed by atoms with Gasteiger partial charge in [-0.1, -0.05) is 35.5 Å². The van der Waals surface area contributed by atoms with Gasteiger partial charge in [0.15, 0.2) is 0 Å². The molecule has 0 atom stereocenters. The van der Waals surface area contributed by atoms with E-state index in [2.05, 4.69) is 27.7 Å². The van der Waals surface area contributed by atoms with Gasteiger partial charge in [-0.3, -0.25) is 4.98 Å². The lowest BCUT2D eigenvalue weighted by Gasteiger charge is -2.10. The molecule has 21 heavy (non-hydrogen) atoms.